The summed E-state index contributed by atoms with van der Waals surface area (Å²) in [4.78, 5) is 51.5. The number of ether oxygens (including phenoxy) is 3. The molecule has 11 heteroatoms. The van der Waals surface area contributed by atoms with Crippen LogP contribution in [0.3, 0.4) is 0 Å². The average Bonchev–Trinajstić information content (AvgIpc) is 2.58. The SMILES string of the molecule is C=CC(=O)OCC(COC(=O)C=C)(COC(=O)C=C)COP(=O)(O)O. The lowest BCUT2D eigenvalue weighted by Crippen LogP contribution is -2.43. The van der Waals surface area contributed by atoms with Crippen LogP contribution < -0.4 is 0 Å². The molecule has 0 bridgehead atoms. The Kier molecular flexibility index (Phi) is 9.62. The van der Waals surface area contributed by atoms with Crippen LogP contribution in [0.5, 0.6) is 0 Å². The van der Waals surface area contributed by atoms with E-state index in [4.69, 9.17) is 24.0 Å². The van der Waals surface area contributed by atoms with Crippen LogP contribution in [0.2, 0.25) is 0 Å². The van der Waals surface area contributed by atoms with Crippen molar-refractivity contribution in [2.75, 3.05) is 26.4 Å². The zero-order chi connectivity index (χ0) is 19.5. The van der Waals surface area contributed by atoms with Gasteiger partial charge in [-0.25, -0.2) is 18.9 Å². The molecule has 0 aliphatic rings. The zero-order valence-corrected chi connectivity index (χ0v) is 14.2. The Labute approximate surface area is 143 Å². The minimum Gasteiger partial charge on any atom is -0.462 e. The lowest BCUT2D eigenvalue weighted by molar-refractivity contribution is -0.158. The van der Waals surface area contributed by atoms with Gasteiger partial charge in [-0.2, -0.15) is 0 Å². The molecule has 0 fully saturated rings. The minimum absolute atomic E-state index is 0.549. The van der Waals surface area contributed by atoms with E-state index >= 15 is 0 Å². The van der Waals surface area contributed by atoms with Gasteiger partial charge < -0.3 is 24.0 Å². The van der Waals surface area contributed by atoms with Crippen LogP contribution >= 0.6 is 7.82 Å². The highest BCUT2D eigenvalue weighted by Crippen LogP contribution is 2.38. The molecule has 140 valence electrons. The maximum Gasteiger partial charge on any atom is 0.469 e. The van der Waals surface area contributed by atoms with Crippen molar-refractivity contribution in [1.29, 1.82) is 0 Å². The number of rotatable bonds is 12. The second-order valence-electron chi connectivity index (χ2n) is 4.70. The Morgan fingerprint density at radius 3 is 1.36 bits per heavy atom. The molecule has 0 saturated heterocycles. The number of hydrogen-bond acceptors (Lipinski definition) is 8. The number of phosphoric acid groups is 1. The van der Waals surface area contributed by atoms with Crippen LogP contribution in [-0.2, 0) is 37.7 Å². The van der Waals surface area contributed by atoms with E-state index in [9.17, 15) is 18.9 Å². The Bertz CT molecular complexity index is 516. The van der Waals surface area contributed by atoms with E-state index in [1.165, 1.54) is 0 Å². The number of esters is 3. The summed E-state index contributed by atoms with van der Waals surface area (Å²) in [5.41, 5.74) is -1.59. The van der Waals surface area contributed by atoms with Gasteiger partial charge in [-0.1, -0.05) is 19.7 Å². The molecule has 0 aliphatic heterocycles. The van der Waals surface area contributed by atoms with Crippen molar-refractivity contribution in [2.24, 2.45) is 5.41 Å². The number of phosphoric ester groups is 1. The average molecular weight is 378 g/mol. The molecule has 0 amide bonds. The topological polar surface area (TPSA) is 146 Å². The fourth-order valence-corrected chi connectivity index (χ4v) is 1.76. The number of hydrogen-bond donors (Lipinski definition) is 2. The zero-order valence-electron chi connectivity index (χ0n) is 13.3. The molecule has 10 nitrogen and oxygen atoms in total. The Balaban J connectivity index is 5.41. The fraction of sp³-hybridized carbons (Fsp3) is 0.357. The van der Waals surface area contributed by atoms with E-state index in [1.807, 2.05) is 0 Å². The van der Waals surface area contributed by atoms with Crippen molar-refractivity contribution >= 4 is 25.7 Å². The van der Waals surface area contributed by atoms with Crippen LogP contribution in [0.1, 0.15) is 0 Å². The second-order valence-corrected chi connectivity index (χ2v) is 5.94. The molecule has 0 spiro atoms. The van der Waals surface area contributed by atoms with Crippen LogP contribution in [0, 0.1) is 5.41 Å². The molecule has 0 aromatic heterocycles. The summed E-state index contributed by atoms with van der Waals surface area (Å²) in [6.07, 6.45) is 2.54. The molecular formula is C14H19O10P. The maximum atomic E-state index is 11.3. The van der Waals surface area contributed by atoms with Crippen LogP contribution in [0.15, 0.2) is 38.0 Å². The molecular weight excluding hydrogens is 359 g/mol. The van der Waals surface area contributed by atoms with Gasteiger partial charge in [0.15, 0.2) is 0 Å². The smallest absolute Gasteiger partial charge is 0.462 e. The minimum atomic E-state index is -4.91. The van der Waals surface area contributed by atoms with Gasteiger partial charge in [0.2, 0.25) is 0 Å². The fourth-order valence-electron chi connectivity index (χ4n) is 1.32. The van der Waals surface area contributed by atoms with E-state index in [0.717, 1.165) is 18.2 Å². The summed E-state index contributed by atoms with van der Waals surface area (Å²) in [5, 5.41) is 0. The highest BCUT2D eigenvalue weighted by Gasteiger charge is 2.38. The lowest BCUT2D eigenvalue weighted by atomic mass is 9.92. The lowest BCUT2D eigenvalue weighted by Gasteiger charge is -2.31. The molecule has 25 heavy (non-hydrogen) atoms. The molecule has 2 N–H and O–H groups in total. The second kappa shape index (κ2) is 10.6. The van der Waals surface area contributed by atoms with Crippen molar-refractivity contribution in [3.63, 3.8) is 0 Å². The first-order chi connectivity index (χ1) is 11.6. The van der Waals surface area contributed by atoms with Gasteiger partial charge in [-0.05, 0) is 0 Å². The molecule has 0 heterocycles. The third kappa shape index (κ3) is 10.3. The standard InChI is InChI=1S/C14H19O10P/c1-4-11(15)21-7-14(8-22-12(16)5-2,9-23-13(17)6-3)10-24-25(18,19)20/h4-6H,1-3,7-10H2,(H2,18,19,20). The first-order valence-corrected chi connectivity index (χ1v) is 8.18. The molecule has 0 aliphatic carbocycles. The van der Waals surface area contributed by atoms with Gasteiger partial charge >= 0.3 is 25.7 Å². The van der Waals surface area contributed by atoms with Crippen molar-refractivity contribution in [3.05, 3.63) is 38.0 Å². The van der Waals surface area contributed by atoms with E-state index in [2.05, 4.69) is 24.3 Å². The van der Waals surface area contributed by atoms with Crippen molar-refractivity contribution < 1.29 is 47.5 Å². The van der Waals surface area contributed by atoms with Gasteiger partial charge in [0.1, 0.15) is 19.8 Å². The highest BCUT2D eigenvalue weighted by molar-refractivity contribution is 7.46. The summed E-state index contributed by atoms with van der Waals surface area (Å²) in [7, 11) is -4.91. The van der Waals surface area contributed by atoms with Crippen LogP contribution in [0.4, 0.5) is 0 Å². The Hall–Kier alpha value is -2.26. The highest BCUT2D eigenvalue weighted by atomic mass is 31.2. The van der Waals surface area contributed by atoms with E-state index in [0.29, 0.717) is 0 Å². The van der Waals surface area contributed by atoms with Gasteiger partial charge in [-0.3, -0.25) is 4.52 Å². The predicted molar refractivity (Wildman–Crippen MR) is 83.9 cm³/mol. The largest absolute Gasteiger partial charge is 0.469 e. The molecule has 0 rings (SSSR count). The van der Waals surface area contributed by atoms with Gasteiger partial charge in [0.25, 0.3) is 0 Å². The van der Waals surface area contributed by atoms with Gasteiger partial charge in [0, 0.05) is 18.2 Å². The molecule has 0 saturated carbocycles. The van der Waals surface area contributed by atoms with E-state index in [-0.39, 0.29) is 0 Å². The van der Waals surface area contributed by atoms with Crippen molar-refractivity contribution in [2.45, 2.75) is 0 Å². The number of carbonyl (C=O) groups excluding carboxylic acids is 3. The predicted octanol–water partition coefficient (Wildman–Crippen LogP) is 0.270. The van der Waals surface area contributed by atoms with Crippen LogP contribution in [-0.4, -0.2) is 54.1 Å². The summed E-state index contributed by atoms with van der Waals surface area (Å²) >= 11 is 0. The Morgan fingerprint density at radius 2 is 1.12 bits per heavy atom. The van der Waals surface area contributed by atoms with Crippen molar-refractivity contribution in [3.8, 4) is 0 Å². The van der Waals surface area contributed by atoms with E-state index < -0.39 is 57.6 Å². The van der Waals surface area contributed by atoms with Gasteiger partial charge in [-0.15, -0.1) is 0 Å². The summed E-state index contributed by atoms with van der Waals surface area (Å²) in [5.74, 6) is -2.57. The molecule has 0 radical (unpaired) electrons. The maximum absolute atomic E-state index is 11.3. The van der Waals surface area contributed by atoms with Crippen molar-refractivity contribution in [1.82, 2.24) is 0 Å². The normalized spacial score (nSPS) is 11.1. The molecule has 0 atom stereocenters. The molecule has 0 aromatic carbocycles. The van der Waals surface area contributed by atoms with E-state index in [1.54, 1.807) is 0 Å². The summed E-state index contributed by atoms with van der Waals surface area (Å²) in [6, 6.07) is 0. The summed E-state index contributed by atoms with van der Waals surface area (Å²) in [6.45, 7) is 7.18. The quantitative estimate of drug-likeness (QED) is 0.210. The number of carbonyl (C=O) groups is 3. The first kappa shape index (κ1) is 22.7. The first-order valence-electron chi connectivity index (χ1n) is 6.65. The summed E-state index contributed by atoms with van der Waals surface area (Å²) < 4.78 is 29.9. The monoisotopic (exact) mass is 378 g/mol. The third-order valence-electron chi connectivity index (χ3n) is 2.60. The van der Waals surface area contributed by atoms with Gasteiger partial charge in [0.05, 0.1) is 12.0 Å². The molecule has 0 aromatic rings. The van der Waals surface area contributed by atoms with Crippen LogP contribution in [0.25, 0.3) is 0 Å². The third-order valence-corrected chi connectivity index (χ3v) is 3.07. The Morgan fingerprint density at radius 1 is 0.800 bits per heavy atom. The molecule has 0 unspecified atom stereocenters.